The Kier molecular flexibility index (Phi) is 2.87. The van der Waals surface area contributed by atoms with Gasteiger partial charge in [-0.1, -0.05) is 6.92 Å². The van der Waals surface area contributed by atoms with Gasteiger partial charge in [-0.15, -0.1) is 0 Å². The molecule has 0 saturated carbocycles. The van der Waals surface area contributed by atoms with Gasteiger partial charge in [0.15, 0.2) is 0 Å². The second-order valence-corrected chi connectivity index (χ2v) is 3.51. The zero-order chi connectivity index (χ0) is 10.7. The number of hydrogen-bond donors (Lipinski definition) is 1. The number of aryl methyl sites for hydroxylation is 1. The zero-order valence-electron chi connectivity index (χ0n) is 8.97. The molecule has 0 spiro atoms. The van der Waals surface area contributed by atoms with Gasteiger partial charge >= 0.3 is 0 Å². The van der Waals surface area contributed by atoms with Gasteiger partial charge in [0.1, 0.15) is 0 Å². The van der Waals surface area contributed by atoms with E-state index >= 15 is 0 Å². The van der Waals surface area contributed by atoms with Crippen LogP contribution in [0.3, 0.4) is 0 Å². The third-order valence-electron chi connectivity index (χ3n) is 2.31. The van der Waals surface area contributed by atoms with Crippen molar-refractivity contribution in [1.29, 1.82) is 0 Å². The van der Waals surface area contributed by atoms with E-state index in [1.807, 2.05) is 23.9 Å². The van der Waals surface area contributed by atoms with E-state index in [1.54, 1.807) is 18.9 Å². The van der Waals surface area contributed by atoms with Crippen molar-refractivity contribution in [1.82, 2.24) is 14.9 Å². The molecule has 4 heteroatoms. The van der Waals surface area contributed by atoms with Crippen LogP contribution in [0.15, 0.2) is 35.5 Å². The van der Waals surface area contributed by atoms with Crippen LogP contribution in [0.2, 0.25) is 0 Å². The van der Waals surface area contributed by atoms with E-state index in [-0.39, 0.29) is 6.04 Å². The van der Waals surface area contributed by atoms with Crippen molar-refractivity contribution in [2.45, 2.75) is 13.0 Å². The lowest BCUT2D eigenvalue weighted by molar-refractivity contribution is 0.551. The van der Waals surface area contributed by atoms with E-state index in [0.29, 0.717) is 0 Å². The molecule has 2 aromatic rings. The Hall–Kier alpha value is -1.55. The second-order valence-electron chi connectivity index (χ2n) is 3.51. The molecule has 80 valence electrons. The minimum atomic E-state index is 0.120. The first-order valence-corrected chi connectivity index (χ1v) is 5.04. The van der Waals surface area contributed by atoms with Crippen molar-refractivity contribution >= 4 is 0 Å². The van der Waals surface area contributed by atoms with Crippen LogP contribution >= 0.6 is 0 Å². The Labute approximate surface area is 88.9 Å². The van der Waals surface area contributed by atoms with Crippen molar-refractivity contribution in [3.8, 4) is 0 Å². The Morgan fingerprint density at radius 3 is 3.00 bits per heavy atom. The minimum absolute atomic E-state index is 0.120. The summed E-state index contributed by atoms with van der Waals surface area (Å²) in [7, 11) is 1.97. The molecular formula is C11H15N3O. The fraction of sp³-hybridized carbons (Fsp3) is 0.364. The molecule has 2 heterocycles. The van der Waals surface area contributed by atoms with Gasteiger partial charge in [0.2, 0.25) is 0 Å². The number of imidazole rings is 1. The second kappa shape index (κ2) is 4.31. The van der Waals surface area contributed by atoms with Gasteiger partial charge in [0.05, 0.1) is 30.6 Å². The summed E-state index contributed by atoms with van der Waals surface area (Å²) in [5.41, 5.74) is 2.12. The maximum atomic E-state index is 5.10. The third-order valence-corrected chi connectivity index (χ3v) is 2.31. The number of rotatable bonds is 4. The average molecular weight is 205 g/mol. The van der Waals surface area contributed by atoms with Crippen LogP contribution in [-0.2, 0) is 7.05 Å². The monoisotopic (exact) mass is 205 g/mol. The van der Waals surface area contributed by atoms with Crippen LogP contribution < -0.4 is 5.32 Å². The molecular weight excluding hydrogens is 190 g/mol. The zero-order valence-corrected chi connectivity index (χ0v) is 8.97. The van der Waals surface area contributed by atoms with Gasteiger partial charge in [-0.2, -0.15) is 0 Å². The summed E-state index contributed by atoms with van der Waals surface area (Å²) in [5, 5.41) is 3.38. The van der Waals surface area contributed by atoms with Gasteiger partial charge in [-0.25, -0.2) is 4.98 Å². The average Bonchev–Trinajstić information content (AvgIpc) is 2.85. The predicted octanol–water partition coefficient (Wildman–Crippen LogP) is 1.71. The van der Waals surface area contributed by atoms with Crippen molar-refractivity contribution in [3.63, 3.8) is 0 Å². The van der Waals surface area contributed by atoms with Gasteiger partial charge in [-0.3, -0.25) is 0 Å². The summed E-state index contributed by atoms with van der Waals surface area (Å²) in [6.07, 6.45) is 7.25. The number of nitrogens with one attached hydrogen (secondary N) is 1. The lowest BCUT2D eigenvalue weighted by Crippen LogP contribution is -2.21. The number of hydrogen-bond acceptors (Lipinski definition) is 3. The van der Waals surface area contributed by atoms with Crippen molar-refractivity contribution in [2.24, 2.45) is 7.05 Å². The summed E-state index contributed by atoms with van der Waals surface area (Å²) < 4.78 is 7.04. The fourth-order valence-corrected chi connectivity index (χ4v) is 1.62. The largest absolute Gasteiger partial charge is 0.472 e. The molecule has 15 heavy (non-hydrogen) atoms. The fourth-order valence-electron chi connectivity index (χ4n) is 1.62. The molecule has 0 amide bonds. The first-order valence-electron chi connectivity index (χ1n) is 5.04. The molecule has 0 aromatic carbocycles. The van der Waals surface area contributed by atoms with E-state index in [1.165, 1.54) is 0 Å². The van der Waals surface area contributed by atoms with Crippen LogP contribution in [0, 0.1) is 0 Å². The molecule has 0 aliphatic carbocycles. The summed E-state index contributed by atoms with van der Waals surface area (Å²) in [4.78, 5) is 4.35. The van der Waals surface area contributed by atoms with E-state index < -0.39 is 0 Å². The molecule has 1 atom stereocenters. The van der Waals surface area contributed by atoms with Gasteiger partial charge in [0.25, 0.3) is 0 Å². The van der Waals surface area contributed by atoms with E-state index in [4.69, 9.17) is 4.42 Å². The SMILES string of the molecule is CCNC(c1ccoc1)c1cn(C)cn1. The van der Waals surface area contributed by atoms with E-state index in [0.717, 1.165) is 17.8 Å². The maximum Gasteiger partial charge on any atom is 0.0954 e. The number of furan rings is 1. The quantitative estimate of drug-likeness (QED) is 0.826. The molecule has 0 saturated heterocycles. The van der Waals surface area contributed by atoms with Gasteiger partial charge in [0, 0.05) is 18.8 Å². The van der Waals surface area contributed by atoms with Crippen molar-refractivity contribution < 1.29 is 4.42 Å². The molecule has 2 aromatic heterocycles. The summed E-state index contributed by atoms with van der Waals surface area (Å²) in [6.45, 7) is 2.97. The normalized spacial score (nSPS) is 12.9. The van der Waals surface area contributed by atoms with Crippen LogP contribution in [-0.4, -0.2) is 16.1 Å². The summed E-state index contributed by atoms with van der Waals surface area (Å²) in [6, 6.07) is 2.08. The number of aromatic nitrogens is 2. The van der Waals surface area contributed by atoms with Crippen LogP contribution in [0.25, 0.3) is 0 Å². The summed E-state index contributed by atoms with van der Waals surface area (Å²) in [5.74, 6) is 0. The molecule has 4 nitrogen and oxygen atoms in total. The molecule has 0 fully saturated rings. The highest BCUT2D eigenvalue weighted by molar-refractivity contribution is 5.22. The number of nitrogens with zero attached hydrogens (tertiary/aromatic N) is 2. The first-order chi connectivity index (χ1) is 7.31. The highest BCUT2D eigenvalue weighted by atomic mass is 16.3. The highest BCUT2D eigenvalue weighted by Gasteiger charge is 2.15. The van der Waals surface area contributed by atoms with E-state index in [9.17, 15) is 0 Å². The Balaban J connectivity index is 2.27. The molecule has 1 unspecified atom stereocenters. The van der Waals surface area contributed by atoms with E-state index in [2.05, 4.69) is 17.2 Å². The standard InChI is InChI=1S/C11H15N3O/c1-3-12-11(9-4-5-15-7-9)10-6-14(2)8-13-10/h4-8,11-12H,3H2,1-2H3. The minimum Gasteiger partial charge on any atom is -0.472 e. The Bertz CT molecular complexity index is 405. The van der Waals surface area contributed by atoms with Crippen molar-refractivity contribution in [3.05, 3.63) is 42.4 Å². The van der Waals surface area contributed by atoms with Crippen LogP contribution in [0.1, 0.15) is 24.2 Å². The predicted molar refractivity (Wildman–Crippen MR) is 57.4 cm³/mol. The van der Waals surface area contributed by atoms with Gasteiger partial charge < -0.3 is 14.3 Å². The Morgan fingerprint density at radius 1 is 1.60 bits per heavy atom. The summed E-state index contributed by atoms with van der Waals surface area (Å²) >= 11 is 0. The van der Waals surface area contributed by atoms with Crippen LogP contribution in [0.5, 0.6) is 0 Å². The molecule has 1 N–H and O–H groups in total. The molecule has 0 aliphatic rings. The van der Waals surface area contributed by atoms with Crippen LogP contribution in [0.4, 0.5) is 0 Å². The lowest BCUT2D eigenvalue weighted by Gasteiger charge is -2.13. The lowest BCUT2D eigenvalue weighted by atomic mass is 10.1. The topological polar surface area (TPSA) is 43.0 Å². The molecule has 0 bridgehead atoms. The highest BCUT2D eigenvalue weighted by Crippen LogP contribution is 2.20. The van der Waals surface area contributed by atoms with Gasteiger partial charge in [-0.05, 0) is 12.6 Å². The van der Waals surface area contributed by atoms with Crippen molar-refractivity contribution in [2.75, 3.05) is 6.54 Å². The smallest absolute Gasteiger partial charge is 0.0954 e. The molecule has 0 aliphatic heterocycles. The molecule has 2 rings (SSSR count). The Morgan fingerprint density at radius 2 is 2.47 bits per heavy atom. The molecule has 0 radical (unpaired) electrons. The first kappa shape index (κ1) is 9.98. The third kappa shape index (κ3) is 2.10. The maximum absolute atomic E-state index is 5.10.